The quantitative estimate of drug-likeness (QED) is 0.708. The second-order valence-corrected chi connectivity index (χ2v) is 8.50. The van der Waals surface area contributed by atoms with Gasteiger partial charge in [-0.1, -0.05) is 11.6 Å². The molecule has 3 rings (SSSR count). The summed E-state index contributed by atoms with van der Waals surface area (Å²) in [5, 5.41) is 0.468. The van der Waals surface area contributed by atoms with E-state index in [4.69, 9.17) is 16.3 Å². The lowest BCUT2D eigenvalue weighted by Crippen LogP contribution is -2.51. The average Bonchev–Trinajstić information content (AvgIpc) is 3.45. The maximum absolute atomic E-state index is 12.6. The Balaban J connectivity index is 1.53. The van der Waals surface area contributed by atoms with Crippen molar-refractivity contribution in [1.82, 2.24) is 9.21 Å². The van der Waals surface area contributed by atoms with Crippen molar-refractivity contribution in [2.24, 2.45) is 5.92 Å². The molecule has 1 aromatic carbocycles. The molecule has 9 heteroatoms. The first-order valence-electron chi connectivity index (χ1n) is 8.08. The van der Waals surface area contributed by atoms with Crippen LogP contribution in [-0.2, 0) is 24.3 Å². The first kappa shape index (κ1) is 18.2. The molecule has 25 heavy (non-hydrogen) atoms. The van der Waals surface area contributed by atoms with Gasteiger partial charge in [0.2, 0.25) is 10.0 Å². The number of rotatable bonds is 5. The van der Waals surface area contributed by atoms with Gasteiger partial charge in [0.1, 0.15) is 0 Å². The molecule has 1 heterocycles. The minimum Gasteiger partial charge on any atom is -0.455 e. The molecule has 1 saturated carbocycles. The van der Waals surface area contributed by atoms with E-state index in [0.717, 1.165) is 12.8 Å². The van der Waals surface area contributed by atoms with E-state index in [1.165, 1.54) is 33.5 Å². The standard InChI is InChI=1S/C16H19ClN2O5S/c17-13-3-5-14(6-4-13)25(22,23)19-9-7-18(8-10-19)15(20)11-24-16(21)12-1-2-12/h3-6,12H,1-2,7-11H2. The number of benzene rings is 1. The summed E-state index contributed by atoms with van der Waals surface area (Å²) >= 11 is 5.79. The fourth-order valence-electron chi connectivity index (χ4n) is 2.59. The van der Waals surface area contributed by atoms with E-state index in [2.05, 4.69) is 0 Å². The highest BCUT2D eigenvalue weighted by atomic mass is 35.5. The lowest BCUT2D eigenvalue weighted by molar-refractivity contribution is -0.153. The lowest BCUT2D eigenvalue weighted by Gasteiger charge is -2.33. The molecule has 0 N–H and O–H groups in total. The molecule has 1 aromatic rings. The van der Waals surface area contributed by atoms with E-state index in [0.29, 0.717) is 5.02 Å². The number of hydrogen-bond acceptors (Lipinski definition) is 5. The number of piperazine rings is 1. The Morgan fingerprint density at radius 2 is 1.68 bits per heavy atom. The Morgan fingerprint density at radius 3 is 2.24 bits per heavy atom. The summed E-state index contributed by atoms with van der Waals surface area (Å²) in [5.74, 6) is -0.663. The fourth-order valence-corrected chi connectivity index (χ4v) is 4.14. The number of hydrogen-bond donors (Lipinski definition) is 0. The summed E-state index contributed by atoms with van der Waals surface area (Å²) in [7, 11) is -3.61. The van der Waals surface area contributed by atoms with Crippen molar-refractivity contribution < 1.29 is 22.7 Å². The Bertz CT molecular complexity index is 753. The number of amides is 1. The zero-order valence-corrected chi connectivity index (χ0v) is 15.1. The summed E-state index contributed by atoms with van der Waals surface area (Å²) in [5.41, 5.74) is 0. The molecule has 0 unspecified atom stereocenters. The second-order valence-electron chi connectivity index (χ2n) is 6.12. The van der Waals surface area contributed by atoms with Crippen LogP contribution in [0.2, 0.25) is 5.02 Å². The zero-order valence-electron chi connectivity index (χ0n) is 13.6. The molecule has 1 saturated heterocycles. The molecule has 0 radical (unpaired) electrons. The Hall–Kier alpha value is -1.64. The van der Waals surface area contributed by atoms with Crippen LogP contribution in [0, 0.1) is 5.92 Å². The first-order chi connectivity index (χ1) is 11.9. The highest BCUT2D eigenvalue weighted by Crippen LogP contribution is 2.30. The zero-order chi connectivity index (χ0) is 18.0. The Labute approximate surface area is 151 Å². The van der Waals surface area contributed by atoms with Crippen LogP contribution in [0.1, 0.15) is 12.8 Å². The van der Waals surface area contributed by atoms with Crippen molar-refractivity contribution in [3.05, 3.63) is 29.3 Å². The van der Waals surface area contributed by atoms with Crippen molar-refractivity contribution in [1.29, 1.82) is 0 Å². The van der Waals surface area contributed by atoms with E-state index < -0.39 is 10.0 Å². The smallest absolute Gasteiger partial charge is 0.309 e. The minimum atomic E-state index is -3.61. The van der Waals surface area contributed by atoms with Crippen molar-refractivity contribution >= 4 is 33.5 Å². The third-order valence-corrected chi connectivity index (χ3v) is 6.46. The van der Waals surface area contributed by atoms with Gasteiger partial charge in [-0.25, -0.2) is 8.42 Å². The van der Waals surface area contributed by atoms with E-state index in [1.807, 2.05) is 0 Å². The second kappa shape index (κ2) is 7.31. The molecule has 2 aliphatic rings. The van der Waals surface area contributed by atoms with Crippen LogP contribution in [0.4, 0.5) is 0 Å². The number of nitrogens with zero attached hydrogens (tertiary/aromatic N) is 2. The van der Waals surface area contributed by atoms with E-state index in [9.17, 15) is 18.0 Å². The van der Waals surface area contributed by atoms with Gasteiger partial charge in [0.15, 0.2) is 6.61 Å². The molecule has 0 bridgehead atoms. The normalized spacial score (nSPS) is 18.8. The summed E-state index contributed by atoms with van der Waals surface area (Å²) in [4.78, 5) is 25.2. The van der Waals surface area contributed by atoms with E-state index >= 15 is 0 Å². The van der Waals surface area contributed by atoms with E-state index in [1.54, 1.807) is 0 Å². The van der Waals surface area contributed by atoms with Crippen LogP contribution in [-0.4, -0.2) is 62.3 Å². The molecular weight excluding hydrogens is 368 g/mol. The maximum atomic E-state index is 12.6. The lowest BCUT2D eigenvalue weighted by atomic mass is 10.3. The van der Waals surface area contributed by atoms with Crippen molar-refractivity contribution in [3.8, 4) is 0 Å². The monoisotopic (exact) mass is 386 g/mol. The highest BCUT2D eigenvalue weighted by molar-refractivity contribution is 7.89. The molecule has 136 valence electrons. The molecule has 2 fully saturated rings. The number of esters is 1. The SMILES string of the molecule is O=C(OCC(=O)N1CCN(S(=O)(=O)c2ccc(Cl)cc2)CC1)C1CC1. The predicted molar refractivity (Wildman–Crippen MR) is 90.5 cm³/mol. The van der Waals surface area contributed by atoms with Crippen LogP contribution in [0.15, 0.2) is 29.2 Å². The average molecular weight is 387 g/mol. The van der Waals surface area contributed by atoms with Crippen molar-refractivity contribution in [2.75, 3.05) is 32.8 Å². The van der Waals surface area contributed by atoms with Gasteiger partial charge in [-0.05, 0) is 37.1 Å². The summed E-state index contributed by atoms with van der Waals surface area (Å²) < 4.78 is 31.5. The van der Waals surface area contributed by atoms with Crippen LogP contribution < -0.4 is 0 Å². The van der Waals surface area contributed by atoms with Gasteiger partial charge in [0.25, 0.3) is 5.91 Å². The number of ether oxygens (including phenoxy) is 1. The van der Waals surface area contributed by atoms with Gasteiger partial charge in [-0.15, -0.1) is 0 Å². The summed E-state index contributed by atoms with van der Waals surface area (Å²) in [6, 6.07) is 5.99. The minimum absolute atomic E-state index is 0.0471. The highest BCUT2D eigenvalue weighted by Gasteiger charge is 2.33. The molecule has 0 aromatic heterocycles. The number of sulfonamides is 1. The maximum Gasteiger partial charge on any atom is 0.309 e. The van der Waals surface area contributed by atoms with Crippen LogP contribution >= 0.6 is 11.6 Å². The van der Waals surface area contributed by atoms with Gasteiger partial charge in [0, 0.05) is 31.2 Å². The van der Waals surface area contributed by atoms with Gasteiger partial charge >= 0.3 is 5.97 Å². The molecule has 1 aliphatic heterocycles. The third-order valence-electron chi connectivity index (χ3n) is 4.29. The largest absolute Gasteiger partial charge is 0.455 e. The van der Waals surface area contributed by atoms with Gasteiger partial charge in [-0.2, -0.15) is 4.31 Å². The third kappa shape index (κ3) is 4.31. The van der Waals surface area contributed by atoms with Crippen molar-refractivity contribution in [2.45, 2.75) is 17.7 Å². The summed E-state index contributed by atoms with van der Waals surface area (Å²) in [6.07, 6.45) is 1.66. The first-order valence-corrected chi connectivity index (χ1v) is 9.90. The molecule has 0 atom stereocenters. The molecule has 1 amide bonds. The van der Waals surface area contributed by atoms with Crippen LogP contribution in [0.5, 0.6) is 0 Å². The molecule has 0 spiro atoms. The number of carbonyl (C=O) groups excluding carboxylic acids is 2. The van der Waals surface area contributed by atoms with Crippen LogP contribution in [0.25, 0.3) is 0 Å². The molecule has 7 nitrogen and oxygen atoms in total. The van der Waals surface area contributed by atoms with Gasteiger partial charge < -0.3 is 9.64 Å². The van der Waals surface area contributed by atoms with Crippen LogP contribution in [0.3, 0.4) is 0 Å². The molecule has 1 aliphatic carbocycles. The predicted octanol–water partition coefficient (Wildman–Crippen LogP) is 1.13. The summed E-state index contributed by atoms with van der Waals surface area (Å²) in [6.45, 7) is 0.666. The van der Waals surface area contributed by atoms with Gasteiger partial charge in [0.05, 0.1) is 10.8 Å². The Kier molecular flexibility index (Phi) is 5.31. The number of carbonyl (C=O) groups is 2. The fraction of sp³-hybridized carbons (Fsp3) is 0.500. The number of halogens is 1. The van der Waals surface area contributed by atoms with Gasteiger partial charge in [-0.3, -0.25) is 9.59 Å². The topological polar surface area (TPSA) is 84.0 Å². The molecular formula is C16H19ClN2O5S. The van der Waals surface area contributed by atoms with E-state index in [-0.39, 0.29) is 55.5 Å². The Morgan fingerprint density at radius 1 is 1.08 bits per heavy atom. The van der Waals surface area contributed by atoms with Crippen molar-refractivity contribution in [3.63, 3.8) is 0 Å².